The summed E-state index contributed by atoms with van der Waals surface area (Å²) in [4.78, 5) is 19.5. The van der Waals surface area contributed by atoms with Gasteiger partial charge in [-0.25, -0.2) is 19.3 Å². The van der Waals surface area contributed by atoms with Crippen LogP contribution in [0.4, 0.5) is 21.6 Å². The molecule has 3 N–H and O–H groups in total. The molecule has 10 nitrogen and oxygen atoms in total. The Hall–Kier alpha value is -4.09. The normalized spacial score (nSPS) is 19.3. The summed E-state index contributed by atoms with van der Waals surface area (Å²) in [6.07, 6.45) is 4.81. The third kappa shape index (κ3) is 4.01. The lowest BCUT2D eigenvalue weighted by atomic mass is 10.1. The van der Waals surface area contributed by atoms with Crippen molar-refractivity contribution in [3.8, 4) is 11.5 Å². The maximum atomic E-state index is 15.4. The topological polar surface area (TPSA) is 113 Å². The number of ether oxygens (including phenoxy) is 1. The first kappa shape index (κ1) is 22.4. The summed E-state index contributed by atoms with van der Waals surface area (Å²) in [5, 5.41) is 16.3. The van der Waals surface area contributed by atoms with Crippen molar-refractivity contribution >= 4 is 34.4 Å². The molecule has 4 heterocycles. The Morgan fingerprint density at radius 2 is 2.08 bits per heavy atom. The van der Waals surface area contributed by atoms with Gasteiger partial charge >= 0.3 is 0 Å². The number of rotatable bonds is 5. The highest BCUT2D eigenvalue weighted by Gasteiger charge is 2.30. The van der Waals surface area contributed by atoms with Crippen LogP contribution in [-0.2, 0) is 7.05 Å². The number of aliphatic hydroxyl groups is 1. The van der Waals surface area contributed by atoms with Crippen molar-refractivity contribution in [1.29, 1.82) is 0 Å². The van der Waals surface area contributed by atoms with Gasteiger partial charge in [0.2, 0.25) is 0 Å². The van der Waals surface area contributed by atoms with E-state index >= 15 is 4.39 Å². The number of aryl methyl sites for hydroxylation is 1. The van der Waals surface area contributed by atoms with Gasteiger partial charge in [-0.1, -0.05) is 0 Å². The van der Waals surface area contributed by atoms with Crippen LogP contribution in [0.1, 0.15) is 17.7 Å². The van der Waals surface area contributed by atoms with Gasteiger partial charge in [-0.15, -0.1) is 0 Å². The number of halogens is 1. The lowest BCUT2D eigenvalue weighted by molar-refractivity contribution is 0.166. The van der Waals surface area contributed by atoms with Crippen LogP contribution in [0.25, 0.3) is 11.0 Å². The van der Waals surface area contributed by atoms with E-state index in [4.69, 9.17) is 4.74 Å². The van der Waals surface area contributed by atoms with Crippen molar-refractivity contribution in [2.45, 2.75) is 25.7 Å². The molecule has 0 spiro atoms. The molecule has 184 valence electrons. The summed E-state index contributed by atoms with van der Waals surface area (Å²) in [6.45, 7) is 2.93. The maximum Gasteiger partial charge on any atom is 0.176 e. The van der Waals surface area contributed by atoms with E-state index < -0.39 is 5.82 Å². The Balaban J connectivity index is 1.24. The lowest BCUT2D eigenvalue weighted by Gasteiger charge is -2.29. The number of β-amino-alcohol motifs (C(OH)–C–C–N with tert-alkyl or cyclic N) is 1. The van der Waals surface area contributed by atoms with Crippen molar-refractivity contribution in [2.24, 2.45) is 12.0 Å². The van der Waals surface area contributed by atoms with Gasteiger partial charge in [0.1, 0.15) is 29.2 Å². The molecule has 11 heteroatoms. The SMILES string of the molecule is Cc1c(Oc2ccc3c(c2)ncn3C)ccc(Nc2ncnc3c2NC(N2CCC(O)C2)N=C3)c1F. The number of nitrogens with one attached hydrogen (secondary N) is 2. The molecule has 1 saturated heterocycles. The maximum absolute atomic E-state index is 15.4. The number of aliphatic imine (C=N–C) groups is 1. The van der Waals surface area contributed by atoms with Crippen LogP contribution in [0, 0.1) is 12.7 Å². The number of hydrogen-bond acceptors (Lipinski definition) is 9. The van der Waals surface area contributed by atoms with Crippen molar-refractivity contribution < 1.29 is 14.2 Å². The Kier molecular flexibility index (Phi) is 5.50. The van der Waals surface area contributed by atoms with Crippen LogP contribution in [0.3, 0.4) is 0 Å². The molecule has 0 bridgehead atoms. The van der Waals surface area contributed by atoms with Gasteiger partial charge in [-0.05, 0) is 37.6 Å². The highest BCUT2D eigenvalue weighted by Crippen LogP contribution is 2.35. The quantitative estimate of drug-likeness (QED) is 0.391. The number of benzene rings is 2. The summed E-state index contributed by atoms with van der Waals surface area (Å²) in [5.74, 6) is 0.984. The number of hydrogen-bond donors (Lipinski definition) is 3. The van der Waals surface area contributed by atoms with E-state index in [1.807, 2.05) is 34.7 Å². The first-order valence-corrected chi connectivity index (χ1v) is 11.7. The van der Waals surface area contributed by atoms with Gasteiger partial charge in [0.15, 0.2) is 17.9 Å². The fourth-order valence-corrected chi connectivity index (χ4v) is 4.53. The molecule has 4 aromatic rings. The minimum absolute atomic E-state index is 0.262. The molecule has 2 unspecified atom stereocenters. The van der Waals surface area contributed by atoms with Crippen molar-refractivity contribution in [3.63, 3.8) is 0 Å². The molecule has 2 aromatic carbocycles. The number of imidazole rings is 1. The van der Waals surface area contributed by atoms with E-state index in [1.54, 1.807) is 31.6 Å². The second kappa shape index (κ2) is 8.85. The molecule has 2 aliphatic rings. The highest BCUT2D eigenvalue weighted by atomic mass is 19.1. The number of aliphatic hydroxyl groups excluding tert-OH is 1. The first-order valence-electron chi connectivity index (χ1n) is 11.7. The molecule has 0 saturated carbocycles. The summed E-state index contributed by atoms with van der Waals surface area (Å²) >= 11 is 0. The van der Waals surface area contributed by atoms with E-state index in [9.17, 15) is 5.11 Å². The Morgan fingerprint density at radius 1 is 1.19 bits per heavy atom. The molecule has 0 radical (unpaired) electrons. The molecule has 2 aromatic heterocycles. The van der Waals surface area contributed by atoms with E-state index in [2.05, 4.69) is 30.6 Å². The summed E-state index contributed by atoms with van der Waals surface area (Å²) in [5.41, 5.74) is 3.64. The van der Waals surface area contributed by atoms with Crippen molar-refractivity contribution in [1.82, 2.24) is 24.4 Å². The fraction of sp³-hybridized carbons (Fsp3) is 0.280. The minimum Gasteiger partial charge on any atom is -0.457 e. The average Bonchev–Trinajstić information content (AvgIpc) is 3.49. The van der Waals surface area contributed by atoms with E-state index in [0.29, 0.717) is 47.2 Å². The largest absolute Gasteiger partial charge is 0.457 e. The Bertz CT molecular complexity index is 1490. The molecular weight excluding hydrogens is 463 g/mol. The number of likely N-dealkylation sites (tertiary alicyclic amines) is 1. The van der Waals surface area contributed by atoms with E-state index in [0.717, 1.165) is 17.6 Å². The number of anilines is 3. The predicted octanol–water partition coefficient (Wildman–Crippen LogP) is 3.54. The second-order valence-electron chi connectivity index (χ2n) is 9.00. The van der Waals surface area contributed by atoms with Gasteiger partial charge in [-0.2, -0.15) is 0 Å². The molecule has 0 aliphatic carbocycles. The molecule has 36 heavy (non-hydrogen) atoms. The van der Waals surface area contributed by atoms with Crippen LogP contribution in [0.2, 0.25) is 0 Å². The Morgan fingerprint density at radius 3 is 2.92 bits per heavy atom. The number of fused-ring (bicyclic) bond motifs is 2. The predicted molar refractivity (Wildman–Crippen MR) is 134 cm³/mol. The van der Waals surface area contributed by atoms with Crippen molar-refractivity contribution in [3.05, 3.63) is 60.1 Å². The molecular formula is C25H25FN8O2. The van der Waals surface area contributed by atoms with Crippen LogP contribution < -0.4 is 15.4 Å². The monoisotopic (exact) mass is 488 g/mol. The number of nitrogens with zero attached hydrogens (tertiary/aromatic N) is 6. The minimum atomic E-state index is -0.442. The fourth-order valence-electron chi connectivity index (χ4n) is 4.53. The standard InChI is InChI=1S/C25H25FN8O2/c1-14-21(36-16-3-5-20-18(9-16)30-13-33(20)2)6-4-17(22(14)26)31-24-23-19(28-12-29-24)10-27-25(32-23)34-8-7-15(35)11-34/h3-6,9-10,12-13,15,25,32,35H,7-8,11H2,1-2H3,(H,28,29,31). The zero-order valence-electron chi connectivity index (χ0n) is 19.8. The molecule has 2 aliphatic heterocycles. The van der Waals surface area contributed by atoms with E-state index in [-0.39, 0.29) is 18.1 Å². The average molecular weight is 489 g/mol. The van der Waals surface area contributed by atoms with E-state index in [1.165, 1.54) is 6.33 Å². The summed E-state index contributed by atoms with van der Waals surface area (Å²) in [7, 11) is 1.93. The number of aromatic nitrogens is 4. The van der Waals surface area contributed by atoms with Gasteiger partial charge in [0.25, 0.3) is 0 Å². The molecule has 6 rings (SSSR count). The highest BCUT2D eigenvalue weighted by molar-refractivity contribution is 5.92. The second-order valence-corrected chi connectivity index (χ2v) is 9.00. The lowest BCUT2D eigenvalue weighted by Crippen LogP contribution is -2.40. The molecule has 1 fully saturated rings. The molecule has 2 atom stereocenters. The van der Waals surface area contributed by atoms with Gasteiger partial charge in [0, 0.05) is 31.8 Å². The van der Waals surface area contributed by atoms with Crippen LogP contribution in [0.5, 0.6) is 11.5 Å². The third-order valence-electron chi connectivity index (χ3n) is 6.54. The zero-order valence-corrected chi connectivity index (χ0v) is 19.8. The smallest absolute Gasteiger partial charge is 0.176 e. The van der Waals surface area contributed by atoms with Crippen LogP contribution >= 0.6 is 0 Å². The van der Waals surface area contributed by atoms with Gasteiger partial charge in [-0.3, -0.25) is 9.89 Å². The molecule has 0 amide bonds. The van der Waals surface area contributed by atoms with Gasteiger partial charge in [0.05, 0.1) is 35.4 Å². The first-order chi connectivity index (χ1) is 17.5. The Labute approximate surface area is 206 Å². The zero-order chi connectivity index (χ0) is 24.8. The van der Waals surface area contributed by atoms with Gasteiger partial charge < -0.3 is 25.0 Å². The van der Waals surface area contributed by atoms with Crippen LogP contribution in [0.15, 0.2) is 48.0 Å². The summed E-state index contributed by atoms with van der Waals surface area (Å²) in [6, 6.07) is 8.93. The summed E-state index contributed by atoms with van der Waals surface area (Å²) < 4.78 is 23.3. The van der Waals surface area contributed by atoms with Crippen LogP contribution in [-0.4, -0.2) is 61.2 Å². The van der Waals surface area contributed by atoms with Crippen molar-refractivity contribution in [2.75, 3.05) is 23.7 Å². The third-order valence-corrected chi connectivity index (χ3v) is 6.54.